The summed E-state index contributed by atoms with van der Waals surface area (Å²) in [6.45, 7) is 1.51. The van der Waals surface area contributed by atoms with Crippen molar-refractivity contribution in [1.82, 2.24) is 14.5 Å². The van der Waals surface area contributed by atoms with Crippen molar-refractivity contribution in [3.8, 4) is 0 Å². The summed E-state index contributed by atoms with van der Waals surface area (Å²) in [4.78, 5) is 33.7. The maximum absolute atomic E-state index is 13.0. The molecule has 0 spiro atoms. The third kappa shape index (κ3) is 4.00. The van der Waals surface area contributed by atoms with Crippen molar-refractivity contribution >= 4 is 46.4 Å². The molecule has 0 unspecified atom stereocenters. The second-order valence-electron chi connectivity index (χ2n) is 8.25. The molecule has 1 aromatic heterocycles. The van der Waals surface area contributed by atoms with Gasteiger partial charge in [-0.3, -0.25) is 9.59 Å². The summed E-state index contributed by atoms with van der Waals surface area (Å²) in [5.41, 5.74) is 0.435. The quantitative estimate of drug-likeness (QED) is 0.564. The van der Waals surface area contributed by atoms with Crippen LogP contribution in [-0.4, -0.2) is 58.5 Å². The fraction of sp³-hybridized carbons (Fsp3) is 0.304. The maximum atomic E-state index is 13.0. The Balaban J connectivity index is 1.25. The van der Waals surface area contributed by atoms with Crippen molar-refractivity contribution in [3.05, 3.63) is 58.9 Å². The van der Waals surface area contributed by atoms with Crippen LogP contribution in [0.5, 0.6) is 0 Å². The average molecular weight is 488 g/mol. The van der Waals surface area contributed by atoms with Crippen LogP contribution in [0.1, 0.15) is 16.8 Å². The van der Waals surface area contributed by atoms with Gasteiger partial charge in [0.15, 0.2) is 0 Å². The number of alkyl halides is 3. The summed E-state index contributed by atoms with van der Waals surface area (Å²) in [6.07, 6.45) is -4.46. The van der Waals surface area contributed by atoms with Crippen LogP contribution < -0.4 is 10.2 Å². The Morgan fingerprint density at radius 2 is 1.82 bits per heavy atom. The molecular weight excluding hydrogens is 467 g/mol. The van der Waals surface area contributed by atoms with Gasteiger partial charge in [-0.2, -0.15) is 13.2 Å². The first-order valence-corrected chi connectivity index (χ1v) is 11.2. The Morgan fingerprint density at radius 1 is 1.09 bits per heavy atom. The van der Waals surface area contributed by atoms with Crippen LogP contribution in [0, 0.1) is 4.77 Å². The number of halogens is 3. The zero-order valence-electron chi connectivity index (χ0n) is 17.9. The highest BCUT2D eigenvalue weighted by atomic mass is 32.1. The van der Waals surface area contributed by atoms with Gasteiger partial charge in [0, 0.05) is 37.3 Å². The minimum absolute atomic E-state index is 0.0484. The highest BCUT2D eigenvalue weighted by Gasteiger charge is 2.35. The molecule has 7 nitrogen and oxygen atoms in total. The van der Waals surface area contributed by atoms with Gasteiger partial charge < -0.3 is 15.1 Å². The molecule has 1 N–H and O–H groups in total. The normalized spacial score (nSPS) is 18.2. The predicted molar refractivity (Wildman–Crippen MR) is 123 cm³/mol. The van der Waals surface area contributed by atoms with E-state index in [-0.39, 0.29) is 23.0 Å². The number of aromatic nitrogens is 2. The number of nitrogens with one attached hydrogen (secondary N) is 1. The molecule has 0 bridgehead atoms. The van der Waals surface area contributed by atoms with E-state index in [1.54, 1.807) is 17.0 Å². The number of carbonyl (C=O) groups is 2. The summed E-state index contributed by atoms with van der Waals surface area (Å²) >= 11 is 5.29. The smallest absolute Gasteiger partial charge is 0.368 e. The van der Waals surface area contributed by atoms with Crippen LogP contribution in [0.15, 0.2) is 48.5 Å². The number of amides is 1. The highest BCUT2D eigenvalue weighted by Crippen LogP contribution is 2.32. The molecule has 11 heteroatoms. The standard InChI is InChI=1S/C23H20F3N5O2S/c24-23(25,26)14-4-3-5-15(12-14)29-8-10-30(11-9-29)19(32)13-18-21(33)31-20(27-18)16-6-1-2-7-17(16)28-22(31)34/h1-7,12,18,27H,8-11,13H2/t18-/m1/s1. The first kappa shape index (κ1) is 22.3. The minimum atomic E-state index is -4.41. The van der Waals surface area contributed by atoms with Crippen LogP contribution in [0.3, 0.4) is 0 Å². The molecule has 3 heterocycles. The van der Waals surface area contributed by atoms with Gasteiger partial charge in [-0.05, 0) is 42.5 Å². The first-order valence-electron chi connectivity index (χ1n) is 10.7. The van der Waals surface area contributed by atoms with Gasteiger partial charge in [0.2, 0.25) is 10.7 Å². The Labute approximate surface area is 197 Å². The number of para-hydroxylation sites is 1. The van der Waals surface area contributed by atoms with Crippen LogP contribution in [0.4, 0.5) is 24.7 Å². The molecule has 3 aromatic rings. The topological polar surface area (TPSA) is 70.5 Å². The van der Waals surface area contributed by atoms with Crippen molar-refractivity contribution in [3.63, 3.8) is 0 Å². The minimum Gasteiger partial charge on any atom is -0.368 e. The summed E-state index contributed by atoms with van der Waals surface area (Å²) < 4.78 is 40.5. The van der Waals surface area contributed by atoms with E-state index in [1.807, 2.05) is 23.1 Å². The number of hydrogen-bond acceptors (Lipinski definition) is 6. The number of rotatable bonds is 3. The SMILES string of the molecule is O=C(C[C@H]1Nc2c3ccccc3nc(=S)n2C1=O)N1CCN(c2cccc(C(F)(F)F)c2)CC1. The number of nitrogens with zero attached hydrogens (tertiary/aromatic N) is 4. The summed E-state index contributed by atoms with van der Waals surface area (Å²) in [7, 11) is 0. The molecule has 34 heavy (non-hydrogen) atoms. The van der Waals surface area contributed by atoms with Crippen LogP contribution in [0.25, 0.3) is 10.9 Å². The van der Waals surface area contributed by atoms with E-state index in [1.165, 1.54) is 10.6 Å². The summed E-state index contributed by atoms with van der Waals surface area (Å²) in [6, 6.07) is 11.7. The van der Waals surface area contributed by atoms with Gasteiger partial charge in [0.05, 0.1) is 17.5 Å². The van der Waals surface area contributed by atoms with Crippen LogP contribution in [0.2, 0.25) is 0 Å². The average Bonchev–Trinajstić information content (AvgIpc) is 3.15. The van der Waals surface area contributed by atoms with E-state index in [4.69, 9.17) is 12.2 Å². The number of piperazine rings is 1. The molecule has 0 aliphatic carbocycles. The van der Waals surface area contributed by atoms with Gasteiger partial charge >= 0.3 is 6.18 Å². The van der Waals surface area contributed by atoms with E-state index >= 15 is 0 Å². The first-order chi connectivity index (χ1) is 16.2. The van der Waals surface area contributed by atoms with E-state index in [2.05, 4.69) is 10.3 Å². The molecule has 0 radical (unpaired) electrons. The van der Waals surface area contributed by atoms with E-state index < -0.39 is 17.8 Å². The largest absolute Gasteiger partial charge is 0.416 e. The van der Waals surface area contributed by atoms with Gasteiger partial charge in [-0.1, -0.05) is 18.2 Å². The Morgan fingerprint density at radius 3 is 2.56 bits per heavy atom. The van der Waals surface area contributed by atoms with E-state index in [9.17, 15) is 22.8 Å². The third-order valence-corrected chi connectivity index (χ3v) is 6.44. The number of hydrogen-bond donors (Lipinski definition) is 1. The van der Waals surface area contributed by atoms with Crippen LogP contribution in [-0.2, 0) is 11.0 Å². The van der Waals surface area contributed by atoms with Crippen molar-refractivity contribution in [1.29, 1.82) is 0 Å². The Hall–Kier alpha value is -3.47. The van der Waals surface area contributed by atoms with Gasteiger partial charge in [0.25, 0.3) is 5.91 Å². The van der Waals surface area contributed by atoms with E-state index in [0.29, 0.717) is 43.2 Å². The Kier molecular flexibility index (Phi) is 5.51. The third-order valence-electron chi connectivity index (χ3n) is 6.17. The molecule has 2 aromatic carbocycles. The summed E-state index contributed by atoms with van der Waals surface area (Å²) in [5, 5.41) is 3.88. The predicted octanol–water partition coefficient (Wildman–Crippen LogP) is 3.96. The molecule has 1 saturated heterocycles. The molecular formula is C23H20F3N5O2S. The monoisotopic (exact) mass is 487 g/mol. The van der Waals surface area contributed by atoms with Gasteiger partial charge in [-0.25, -0.2) is 9.55 Å². The van der Waals surface area contributed by atoms with Gasteiger partial charge in [0.1, 0.15) is 11.9 Å². The number of carbonyl (C=O) groups excluding carboxylic acids is 2. The highest BCUT2D eigenvalue weighted by molar-refractivity contribution is 7.71. The molecule has 2 aliphatic heterocycles. The fourth-order valence-corrected chi connectivity index (χ4v) is 4.68. The lowest BCUT2D eigenvalue weighted by atomic mass is 10.1. The molecule has 1 fully saturated rings. The fourth-order valence-electron chi connectivity index (χ4n) is 4.40. The van der Waals surface area contributed by atoms with Crippen molar-refractivity contribution in [2.24, 2.45) is 0 Å². The lowest BCUT2D eigenvalue weighted by Crippen LogP contribution is -2.50. The second-order valence-corrected chi connectivity index (χ2v) is 8.62. The Bertz CT molecular complexity index is 1350. The molecule has 1 amide bonds. The molecule has 2 aliphatic rings. The van der Waals surface area contributed by atoms with Crippen LogP contribution >= 0.6 is 12.2 Å². The molecule has 1 atom stereocenters. The lowest BCUT2D eigenvalue weighted by molar-refractivity contribution is -0.137. The van der Waals surface area contributed by atoms with Crippen molar-refractivity contribution < 1.29 is 22.8 Å². The second kappa shape index (κ2) is 8.39. The maximum Gasteiger partial charge on any atom is 0.416 e. The zero-order valence-corrected chi connectivity index (χ0v) is 18.7. The van der Waals surface area contributed by atoms with Gasteiger partial charge in [-0.15, -0.1) is 0 Å². The van der Waals surface area contributed by atoms with Crippen molar-refractivity contribution in [2.75, 3.05) is 36.4 Å². The number of benzene rings is 2. The molecule has 0 saturated carbocycles. The lowest BCUT2D eigenvalue weighted by Gasteiger charge is -2.36. The molecule has 5 rings (SSSR count). The summed E-state index contributed by atoms with van der Waals surface area (Å²) in [5.74, 6) is 0.00750. The molecule has 176 valence electrons. The zero-order chi connectivity index (χ0) is 24.0. The number of anilines is 2. The number of fused-ring (bicyclic) bond motifs is 3. The van der Waals surface area contributed by atoms with Crippen molar-refractivity contribution in [2.45, 2.75) is 18.6 Å². The van der Waals surface area contributed by atoms with E-state index in [0.717, 1.165) is 17.5 Å².